The molecule has 1 atom stereocenters. The first-order chi connectivity index (χ1) is 12.9. The molecule has 7 nitrogen and oxygen atoms in total. The SMILES string of the molecule is OC(c1cccc(C(F)(F)F)c1)c1nc(Nc2ccc3c(c2)OCO3)n[nH]1. The van der Waals surface area contributed by atoms with Crippen LogP contribution in [0.1, 0.15) is 23.1 Å². The highest BCUT2D eigenvalue weighted by atomic mass is 19.4. The molecule has 27 heavy (non-hydrogen) atoms. The highest BCUT2D eigenvalue weighted by molar-refractivity contribution is 5.60. The first-order valence-corrected chi connectivity index (χ1v) is 7.84. The standard InChI is InChI=1S/C17H13F3N4O3/c18-17(19,20)10-3-1-2-9(6-10)14(25)15-22-16(24-23-15)21-11-4-5-12-13(7-11)27-8-26-12/h1-7,14,25H,8H2,(H2,21,22,23,24). The Morgan fingerprint density at radius 3 is 2.74 bits per heavy atom. The lowest BCUT2D eigenvalue weighted by atomic mass is 10.1. The van der Waals surface area contributed by atoms with Crippen molar-refractivity contribution in [2.75, 3.05) is 12.1 Å². The predicted molar refractivity (Wildman–Crippen MR) is 87.7 cm³/mol. The summed E-state index contributed by atoms with van der Waals surface area (Å²) in [5.41, 5.74) is -0.175. The number of hydrogen-bond donors (Lipinski definition) is 3. The molecule has 3 aromatic rings. The Hall–Kier alpha value is -3.27. The summed E-state index contributed by atoms with van der Waals surface area (Å²) in [6.07, 6.45) is -5.88. The number of nitrogens with zero attached hydrogens (tertiary/aromatic N) is 2. The molecule has 2 aromatic carbocycles. The van der Waals surface area contributed by atoms with Gasteiger partial charge < -0.3 is 19.9 Å². The van der Waals surface area contributed by atoms with E-state index < -0.39 is 17.8 Å². The number of hydrogen-bond acceptors (Lipinski definition) is 6. The van der Waals surface area contributed by atoms with E-state index in [2.05, 4.69) is 20.5 Å². The summed E-state index contributed by atoms with van der Waals surface area (Å²) >= 11 is 0. The number of aromatic nitrogens is 3. The molecule has 0 saturated heterocycles. The molecule has 0 fully saturated rings. The average Bonchev–Trinajstić information content (AvgIpc) is 3.29. The van der Waals surface area contributed by atoms with E-state index in [4.69, 9.17) is 9.47 Å². The average molecular weight is 378 g/mol. The Bertz CT molecular complexity index is 974. The fraction of sp³-hybridized carbons (Fsp3) is 0.176. The van der Waals surface area contributed by atoms with Crippen LogP contribution < -0.4 is 14.8 Å². The lowest BCUT2D eigenvalue weighted by molar-refractivity contribution is -0.137. The second-order valence-electron chi connectivity index (χ2n) is 5.76. The molecule has 3 N–H and O–H groups in total. The van der Waals surface area contributed by atoms with Crippen molar-refractivity contribution in [3.05, 3.63) is 59.4 Å². The topological polar surface area (TPSA) is 92.3 Å². The van der Waals surface area contributed by atoms with Crippen LogP contribution in [0.4, 0.5) is 24.8 Å². The summed E-state index contributed by atoms with van der Waals surface area (Å²) in [5.74, 6) is 1.35. The smallest absolute Gasteiger partial charge is 0.416 e. The first-order valence-electron chi connectivity index (χ1n) is 7.84. The maximum atomic E-state index is 12.8. The maximum absolute atomic E-state index is 12.8. The Kier molecular flexibility index (Phi) is 4.11. The lowest BCUT2D eigenvalue weighted by Crippen LogP contribution is -2.08. The summed E-state index contributed by atoms with van der Waals surface area (Å²) in [7, 11) is 0. The first kappa shape index (κ1) is 17.2. The molecule has 140 valence electrons. The van der Waals surface area contributed by atoms with Crippen LogP contribution in [-0.4, -0.2) is 27.1 Å². The maximum Gasteiger partial charge on any atom is 0.416 e. The molecule has 1 unspecified atom stereocenters. The van der Waals surface area contributed by atoms with Gasteiger partial charge in [-0.25, -0.2) is 0 Å². The lowest BCUT2D eigenvalue weighted by Gasteiger charge is -2.11. The third-order valence-corrected chi connectivity index (χ3v) is 3.92. The third-order valence-electron chi connectivity index (χ3n) is 3.92. The zero-order valence-electron chi connectivity index (χ0n) is 13.6. The zero-order chi connectivity index (χ0) is 19.0. The number of aliphatic hydroxyl groups is 1. The van der Waals surface area contributed by atoms with Crippen molar-refractivity contribution >= 4 is 11.6 Å². The van der Waals surface area contributed by atoms with Crippen LogP contribution in [-0.2, 0) is 6.18 Å². The minimum Gasteiger partial charge on any atom is -0.454 e. The van der Waals surface area contributed by atoms with E-state index in [-0.39, 0.29) is 24.1 Å². The van der Waals surface area contributed by atoms with Gasteiger partial charge in [-0.15, -0.1) is 5.10 Å². The number of aromatic amines is 1. The number of rotatable bonds is 4. The van der Waals surface area contributed by atoms with E-state index in [9.17, 15) is 18.3 Å². The van der Waals surface area contributed by atoms with Gasteiger partial charge >= 0.3 is 6.18 Å². The van der Waals surface area contributed by atoms with Crippen molar-refractivity contribution in [2.45, 2.75) is 12.3 Å². The fourth-order valence-corrected chi connectivity index (χ4v) is 2.60. The van der Waals surface area contributed by atoms with Gasteiger partial charge in [-0.3, -0.25) is 5.10 Å². The minimum absolute atomic E-state index is 0.0116. The van der Waals surface area contributed by atoms with Gasteiger partial charge in [-0.2, -0.15) is 18.2 Å². The Morgan fingerprint density at radius 1 is 1.11 bits per heavy atom. The Labute approximate surface area is 150 Å². The number of ether oxygens (including phenoxy) is 2. The molecule has 0 spiro atoms. The van der Waals surface area contributed by atoms with Crippen molar-refractivity contribution < 1.29 is 27.8 Å². The molecular weight excluding hydrogens is 365 g/mol. The molecule has 0 radical (unpaired) electrons. The van der Waals surface area contributed by atoms with Crippen LogP contribution in [0.5, 0.6) is 11.5 Å². The van der Waals surface area contributed by atoms with Crippen LogP contribution in [0.15, 0.2) is 42.5 Å². The second kappa shape index (κ2) is 6.47. The summed E-state index contributed by atoms with van der Waals surface area (Å²) in [6.45, 7) is 0.146. The van der Waals surface area contributed by atoms with Gasteiger partial charge in [0.1, 0.15) is 6.10 Å². The third kappa shape index (κ3) is 3.51. The largest absolute Gasteiger partial charge is 0.454 e. The van der Waals surface area contributed by atoms with Crippen molar-refractivity contribution in [1.82, 2.24) is 15.2 Å². The molecule has 0 aliphatic carbocycles. The van der Waals surface area contributed by atoms with Crippen LogP contribution in [0, 0.1) is 0 Å². The molecule has 0 bridgehead atoms. The second-order valence-corrected chi connectivity index (χ2v) is 5.76. The highest BCUT2D eigenvalue weighted by Crippen LogP contribution is 2.35. The van der Waals surface area contributed by atoms with E-state index in [0.29, 0.717) is 17.2 Å². The number of H-pyrrole nitrogens is 1. The number of fused-ring (bicyclic) bond motifs is 1. The van der Waals surface area contributed by atoms with Crippen molar-refractivity contribution in [3.63, 3.8) is 0 Å². The number of aliphatic hydroxyl groups excluding tert-OH is 1. The summed E-state index contributed by atoms with van der Waals surface area (Å²) in [6, 6.07) is 9.56. The molecular formula is C17H13F3N4O3. The van der Waals surface area contributed by atoms with E-state index in [0.717, 1.165) is 12.1 Å². The molecule has 10 heteroatoms. The Morgan fingerprint density at radius 2 is 1.93 bits per heavy atom. The van der Waals surface area contributed by atoms with Gasteiger partial charge in [0.05, 0.1) is 5.56 Å². The van der Waals surface area contributed by atoms with Gasteiger partial charge in [0.25, 0.3) is 0 Å². The molecule has 1 aliphatic rings. The summed E-state index contributed by atoms with van der Waals surface area (Å²) < 4.78 is 49.0. The number of benzene rings is 2. The van der Waals surface area contributed by atoms with E-state index in [1.165, 1.54) is 12.1 Å². The predicted octanol–water partition coefficient (Wildman–Crippen LogP) is 3.38. The van der Waals surface area contributed by atoms with Gasteiger partial charge in [-0.1, -0.05) is 12.1 Å². The van der Waals surface area contributed by atoms with E-state index in [1.807, 2.05) is 0 Å². The van der Waals surface area contributed by atoms with E-state index in [1.54, 1.807) is 18.2 Å². The van der Waals surface area contributed by atoms with Gasteiger partial charge in [0, 0.05) is 11.8 Å². The van der Waals surface area contributed by atoms with Crippen molar-refractivity contribution in [2.24, 2.45) is 0 Å². The van der Waals surface area contributed by atoms with Gasteiger partial charge in [0.15, 0.2) is 17.3 Å². The van der Waals surface area contributed by atoms with Crippen molar-refractivity contribution in [3.8, 4) is 11.5 Å². The monoisotopic (exact) mass is 378 g/mol. The minimum atomic E-state index is -4.50. The molecule has 0 amide bonds. The van der Waals surface area contributed by atoms with Crippen LogP contribution in [0.25, 0.3) is 0 Å². The zero-order valence-corrected chi connectivity index (χ0v) is 13.6. The molecule has 0 saturated carbocycles. The quantitative estimate of drug-likeness (QED) is 0.645. The Balaban J connectivity index is 1.52. The number of nitrogens with one attached hydrogen (secondary N) is 2. The van der Waals surface area contributed by atoms with Gasteiger partial charge in [0.2, 0.25) is 12.7 Å². The summed E-state index contributed by atoms with van der Waals surface area (Å²) in [5, 5.41) is 19.7. The van der Waals surface area contributed by atoms with Gasteiger partial charge in [-0.05, 0) is 29.8 Å². The highest BCUT2D eigenvalue weighted by Gasteiger charge is 2.31. The molecule has 2 heterocycles. The molecule has 4 rings (SSSR count). The van der Waals surface area contributed by atoms with Crippen LogP contribution in [0.2, 0.25) is 0 Å². The van der Waals surface area contributed by atoms with Crippen LogP contribution in [0.3, 0.4) is 0 Å². The number of anilines is 2. The normalized spacial score (nSPS) is 14.2. The number of alkyl halides is 3. The van der Waals surface area contributed by atoms with Crippen LogP contribution >= 0.6 is 0 Å². The summed E-state index contributed by atoms with van der Waals surface area (Å²) in [4.78, 5) is 4.09. The van der Waals surface area contributed by atoms with Crippen molar-refractivity contribution in [1.29, 1.82) is 0 Å². The molecule has 1 aliphatic heterocycles. The fourth-order valence-electron chi connectivity index (χ4n) is 2.60. The number of halogens is 3. The molecule has 1 aromatic heterocycles. The van der Waals surface area contributed by atoms with E-state index >= 15 is 0 Å².